The van der Waals surface area contributed by atoms with Gasteiger partial charge in [-0.25, -0.2) is 0 Å². The average molecular weight is 293 g/mol. The third-order valence-electron chi connectivity index (χ3n) is 3.77. The van der Waals surface area contributed by atoms with Crippen molar-refractivity contribution in [2.24, 2.45) is 5.73 Å². The predicted octanol–water partition coefficient (Wildman–Crippen LogP) is 2.97. The summed E-state index contributed by atoms with van der Waals surface area (Å²) < 4.78 is 0. The van der Waals surface area contributed by atoms with E-state index in [1.807, 2.05) is 43.4 Å². The number of hydrogen-bond donors (Lipinski definition) is 1. The maximum absolute atomic E-state index is 9.48. The number of hydrogen-bond acceptors (Lipinski definition) is 3. The first-order valence-corrected chi connectivity index (χ1v) is 7.58. The van der Waals surface area contributed by atoms with E-state index in [0.717, 1.165) is 13.0 Å². The van der Waals surface area contributed by atoms with Crippen molar-refractivity contribution in [1.82, 2.24) is 4.90 Å². The number of likely N-dealkylation sites (N-methyl/N-ethyl adjacent to an activating group) is 1. The molecule has 0 aromatic heterocycles. The fourth-order valence-corrected chi connectivity index (χ4v) is 2.62. The summed E-state index contributed by atoms with van der Waals surface area (Å²) in [4.78, 5) is 2.11. The molecule has 0 bridgehead atoms. The molecule has 0 aliphatic rings. The topological polar surface area (TPSA) is 53.0 Å². The predicted molar refractivity (Wildman–Crippen MR) is 90.1 cm³/mol. The van der Waals surface area contributed by atoms with E-state index in [0.29, 0.717) is 13.0 Å². The average Bonchev–Trinajstić information content (AvgIpc) is 2.55. The van der Waals surface area contributed by atoms with Crippen molar-refractivity contribution in [1.29, 1.82) is 5.26 Å². The first-order valence-electron chi connectivity index (χ1n) is 7.58. The van der Waals surface area contributed by atoms with Crippen molar-refractivity contribution in [2.75, 3.05) is 13.6 Å². The smallest absolute Gasteiger partial charge is 0.117 e. The van der Waals surface area contributed by atoms with Gasteiger partial charge in [0.15, 0.2) is 0 Å². The van der Waals surface area contributed by atoms with Crippen molar-refractivity contribution < 1.29 is 0 Å². The maximum atomic E-state index is 9.48. The van der Waals surface area contributed by atoms with Crippen LogP contribution in [0.2, 0.25) is 0 Å². The molecule has 0 amide bonds. The zero-order valence-electron chi connectivity index (χ0n) is 13.1. The van der Waals surface area contributed by atoms with Gasteiger partial charge in [-0.2, -0.15) is 5.26 Å². The minimum Gasteiger partial charge on any atom is -0.312 e. The second-order valence-electron chi connectivity index (χ2n) is 5.91. The Labute approximate surface area is 133 Å². The molecule has 0 aliphatic carbocycles. The van der Waals surface area contributed by atoms with Gasteiger partial charge in [-0.1, -0.05) is 60.7 Å². The Hall–Kier alpha value is -2.15. The van der Waals surface area contributed by atoms with E-state index in [1.165, 1.54) is 11.1 Å². The van der Waals surface area contributed by atoms with Gasteiger partial charge < -0.3 is 5.73 Å². The van der Waals surface area contributed by atoms with Crippen LogP contribution in [0.1, 0.15) is 17.5 Å². The molecular weight excluding hydrogens is 270 g/mol. The summed E-state index contributed by atoms with van der Waals surface area (Å²) in [5.74, 6) is 0. The van der Waals surface area contributed by atoms with Crippen molar-refractivity contribution in [3.05, 3.63) is 71.8 Å². The Morgan fingerprint density at radius 2 is 1.55 bits per heavy atom. The molecule has 3 nitrogen and oxygen atoms in total. The molecule has 0 spiro atoms. The lowest BCUT2D eigenvalue weighted by molar-refractivity contribution is 0.265. The highest BCUT2D eigenvalue weighted by atomic mass is 15.1. The summed E-state index contributed by atoms with van der Waals surface area (Å²) in [7, 11) is 2.01. The number of nitrogens with zero attached hydrogens (tertiary/aromatic N) is 2. The molecule has 0 radical (unpaired) electrons. The van der Waals surface area contributed by atoms with Gasteiger partial charge in [-0.15, -0.1) is 0 Å². The first kappa shape index (κ1) is 16.2. The lowest BCUT2D eigenvalue weighted by Crippen LogP contribution is -2.48. The molecule has 3 heteroatoms. The van der Waals surface area contributed by atoms with Crippen LogP contribution in [0.15, 0.2) is 60.7 Å². The molecule has 0 saturated heterocycles. The van der Waals surface area contributed by atoms with Crippen molar-refractivity contribution >= 4 is 0 Å². The summed E-state index contributed by atoms with van der Waals surface area (Å²) in [6.07, 6.45) is 1.48. The van der Waals surface area contributed by atoms with Crippen LogP contribution in [0.25, 0.3) is 0 Å². The molecular formula is C19H23N3. The molecule has 0 fully saturated rings. The number of aryl methyl sites for hydroxylation is 1. The van der Waals surface area contributed by atoms with E-state index in [-0.39, 0.29) is 0 Å². The lowest BCUT2D eigenvalue weighted by Gasteiger charge is -2.28. The van der Waals surface area contributed by atoms with Crippen LogP contribution in [0, 0.1) is 11.3 Å². The Morgan fingerprint density at radius 1 is 1.00 bits per heavy atom. The first-order chi connectivity index (χ1) is 10.6. The third kappa shape index (κ3) is 5.00. The standard InChI is InChI=1S/C19H23N3/c1-22(14-18-10-6-3-7-11-18)16-19(21,15-20)13-12-17-8-4-2-5-9-17/h2-11H,12-14,16,21H2,1H3. The van der Waals surface area contributed by atoms with Gasteiger partial charge in [0, 0.05) is 13.1 Å². The van der Waals surface area contributed by atoms with E-state index in [4.69, 9.17) is 5.73 Å². The summed E-state index contributed by atoms with van der Waals surface area (Å²) in [5, 5.41) is 9.48. The Kier molecular flexibility index (Phi) is 5.71. The van der Waals surface area contributed by atoms with Crippen molar-refractivity contribution in [3.63, 3.8) is 0 Å². The number of nitriles is 1. The molecule has 2 aromatic carbocycles. The van der Waals surface area contributed by atoms with Crippen LogP contribution >= 0.6 is 0 Å². The van der Waals surface area contributed by atoms with Gasteiger partial charge >= 0.3 is 0 Å². The molecule has 2 aromatic rings. The quantitative estimate of drug-likeness (QED) is 0.854. The van der Waals surface area contributed by atoms with Gasteiger partial charge in [-0.3, -0.25) is 4.90 Å². The SMILES string of the molecule is CN(Cc1ccccc1)CC(N)(C#N)CCc1ccccc1. The summed E-state index contributed by atoms with van der Waals surface area (Å²) in [5.41, 5.74) is 7.93. The summed E-state index contributed by atoms with van der Waals surface area (Å²) >= 11 is 0. The lowest BCUT2D eigenvalue weighted by atomic mass is 9.93. The molecule has 1 unspecified atom stereocenters. The summed E-state index contributed by atoms with van der Waals surface area (Å²) in [6, 6.07) is 22.7. The van der Waals surface area contributed by atoms with E-state index in [1.54, 1.807) is 0 Å². The Balaban J connectivity index is 1.91. The van der Waals surface area contributed by atoms with E-state index < -0.39 is 5.54 Å². The number of benzene rings is 2. The minimum absolute atomic E-state index is 0.561. The summed E-state index contributed by atoms with van der Waals surface area (Å²) in [6.45, 7) is 1.36. The molecule has 0 heterocycles. The molecule has 22 heavy (non-hydrogen) atoms. The Bertz CT molecular complexity index is 604. The highest BCUT2D eigenvalue weighted by Gasteiger charge is 2.26. The van der Waals surface area contributed by atoms with Gasteiger partial charge in [0.1, 0.15) is 5.54 Å². The van der Waals surface area contributed by atoms with E-state index in [2.05, 4.69) is 35.2 Å². The van der Waals surface area contributed by atoms with E-state index in [9.17, 15) is 5.26 Å². The van der Waals surface area contributed by atoms with Gasteiger partial charge in [0.25, 0.3) is 0 Å². The van der Waals surface area contributed by atoms with Crippen LogP contribution in [-0.4, -0.2) is 24.0 Å². The monoisotopic (exact) mass is 293 g/mol. The molecule has 1 atom stereocenters. The fraction of sp³-hybridized carbons (Fsp3) is 0.316. The maximum Gasteiger partial charge on any atom is 0.117 e. The second-order valence-corrected chi connectivity index (χ2v) is 5.91. The highest BCUT2D eigenvalue weighted by molar-refractivity contribution is 5.18. The van der Waals surface area contributed by atoms with Gasteiger partial charge in [-0.05, 0) is 31.0 Å². The van der Waals surface area contributed by atoms with E-state index >= 15 is 0 Å². The van der Waals surface area contributed by atoms with Crippen LogP contribution in [-0.2, 0) is 13.0 Å². The minimum atomic E-state index is -0.820. The van der Waals surface area contributed by atoms with Gasteiger partial charge in [0.05, 0.1) is 6.07 Å². The van der Waals surface area contributed by atoms with Crippen molar-refractivity contribution in [3.8, 4) is 6.07 Å². The number of rotatable bonds is 7. The van der Waals surface area contributed by atoms with Crippen LogP contribution in [0.4, 0.5) is 0 Å². The zero-order valence-corrected chi connectivity index (χ0v) is 13.1. The Morgan fingerprint density at radius 3 is 2.09 bits per heavy atom. The number of nitrogens with two attached hydrogens (primary N) is 1. The van der Waals surface area contributed by atoms with Crippen LogP contribution in [0.3, 0.4) is 0 Å². The molecule has 0 aliphatic heterocycles. The highest BCUT2D eigenvalue weighted by Crippen LogP contribution is 2.14. The van der Waals surface area contributed by atoms with Crippen molar-refractivity contribution in [2.45, 2.75) is 24.9 Å². The molecule has 2 N–H and O–H groups in total. The largest absolute Gasteiger partial charge is 0.312 e. The molecule has 114 valence electrons. The normalized spacial score (nSPS) is 13.5. The van der Waals surface area contributed by atoms with Crippen LogP contribution in [0.5, 0.6) is 0 Å². The molecule has 0 saturated carbocycles. The fourth-order valence-electron chi connectivity index (χ4n) is 2.62. The second kappa shape index (κ2) is 7.74. The van der Waals surface area contributed by atoms with Crippen LogP contribution < -0.4 is 5.73 Å². The zero-order chi connectivity index (χ0) is 15.8. The third-order valence-corrected chi connectivity index (χ3v) is 3.77. The molecule has 2 rings (SSSR count). The van der Waals surface area contributed by atoms with Gasteiger partial charge in [0.2, 0.25) is 0 Å².